The molecule has 0 unspecified atom stereocenters. The largest absolute Gasteiger partial charge is 0.378 e. The Labute approximate surface area is 147 Å². The lowest BCUT2D eigenvalue weighted by atomic mass is 10.0. The van der Waals surface area contributed by atoms with Gasteiger partial charge in [0.15, 0.2) is 5.11 Å². The molecule has 0 saturated heterocycles. The molecule has 2 N–H and O–H groups in total. The summed E-state index contributed by atoms with van der Waals surface area (Å²) >= 11 is 11.3. The number of halogens is 1. The van der Waals surface area contributed by atoms with Crippen LogP contribution in [0.4, 0.5) is 5.69 Å². The zero-order chi connectivity index (χ0) is 16.4. The van der Waals surface area contributed by atoms with E-state index in [4.69, 9.17) is 23.8 Å². The van der Waals surface area contributed by atoms with Crippen LogP contribution in [0, 0.1) is 0 Å². The molecule has 2 aromatic rings. The van der Waals surface area contributed by atoms with E-state index >= 15 is 0 Å². The highest BCUT2D eigenvalue weighted by Crippen LogP contribution is 2.25. The van der Waals surface area contributed by atoms with Crippen LogP contribution in [-0.4, -0.2) is 19.2 Å². The van der Waals surface area contributed by atoms with Crippen LogP contribution in [0.2, 0.25) is 5.02 Å². The molecule has 5 heteroatoms. The highest BCUT2D eigenvalue weighted by molar-refractivity contribution is 7.80. The summed E-state index contributed by atoms with van der Waals surface area (Å²) in [6.07, 6.45) is 2.14. The second kappa shape index (κ2) is 6.60. The van der Waals surface area contributed by atoms with Gasteiger partial charge in [-0.2, -0.15) is 0 Å². The molecule has 0 spiro atoms. The minimum atomic E-state index is 0.0469. The average molecular weight is 344 g/mol. The van der Waals surface area contributed by atoms with Crippen molar-refractivity contribution in [2.24, 2.45) is 0 Å². The molecule has 1 aliphatic rings. The van der Waals surface area contributed by atoms with Crippen LogP contribution in [0.1, 0.15) is 17.2 Å². The van der Waals surface area contributed by atoms with Gasteiger partial charge in [-0.1, -0.05) is 35.9 Å². The Morgan fingerprint density at radius 3 is 2.26 bits per heavy atom. The first-order valence-electron chi connectivity index (χ1n) is 7.35. The normalized spacial score (nSPS) is 17.1. The maximum atomic E-state index is 5.96. The minimum Gasteiger partial charge on any atom is -0.378 e. The van der Waals surface area contributed by atoms with Crippen molar-refractivity contribution in [2.45, 2.75) is 6.04 Å². The summed E-state index contributed by atoms with van der Waals surface area (Å²) in [6, 6.07) is 16.2. The first-order chi connectivity index (χ1) is 11.0. The number of nitrogens with one attached hydrogen (secondary N) is 2. The summed E-state index contributed by atoms with van der Waals surface area (Å²) in [7, 11) is 4.07. The fourth-order valence-electron chi connectivity index (χ4n) is 2.51. The quantitative estimate of drug-likeness (QED) is 0.825. The Hall–Kier alpha value is -2.04. The van der Waals surface area contributed by atoms with Crippen molar-refractivity contribution < 1.29 is 0 Å². The second-order valence-corrected chi connectivity index (χ2v) is 6.49. The Kier molecular flexibility index (Phi) is 4.55. The molecule has 3 nitrogen and oxygen atoms in total. The molecule has 0 radical (unpaired) electrons. The van der Waals surface area contributed by atoms with Gasteiger partial charge in [0.05, 0.1) is 6.04 Å². The smallest absolute Gasteiger partial charge is 0.171 e. The van der Waals surface area contributed by atoms with E-state index < -0.39 is 0 Å². The van der Waals surface area contributed by atoms with E-state index in [1.54, 1.807) is 0 Å². The number of anilines is 1. The molecular weight excluding hydrogens is 326 g/mol. The lowest BCUT2D eigenvalue weighted by molar-refractivity contribution is 0.765. The highest BCUT2D eigenvalue weighted by atomic mass is 35.5. The van der Waals surface area contributed by atoms with E-state index in [0.29, 0.717) is 5.11 Å². The number of hydrogen-bond acceptors (Lipinski definition) is 2. The first kappa shape index (κ1) is 15.8. The molecule has 1 atom stereocenters. The summed E-state index contributed by atoms with van der Waals surface area (Å²) in [4.78, 5) is 2.08. The number of benzene rings is 2. The van der Waals surface area contributed by atoms with Crippen LogP contribution in [0.3, 0.4) is 0 Å². The van der Waals surface area contributed by atoms with Crippen molar-refractivity contribution >= 4 is 40.3 Å². The van der Waals surface area contributed by atoms with Crippen LogP contribution in [0.15, 0.2) is 54.6 Å². The highest BCUT2D eigenvalue weighted by Gasteiger charge is 2.18. The molecule has 0 aliphatic carbocycles. The SMILES string of the molecule is CN(C)c1ccc([C@H]2C=C(c3ccc(Cl)cc3)NC(=S)N2)cc1. The Bertz CT molecular complexity index is 736. The molecule has 0 amide bonds. The van der Waals surface area contributed by atoms with Gasteiger partial charge >= 0.3 is 0 Å². The van der Waals surface area contributed by atoms with E-state index in [9.17, 15) is 0 Å². The van der Waals surface area contributed by atoms with E-state index in [1.165, 1.54) is 11.3 Å². The van der Waals surface area contributed by atoms with Crippen LogP contribution in [0.25, 0.3) is 5.70 Å². The Morgan fingerprint density at radius 2 is 1.65 bits per heavy atom. The first-order valence-corrected chi connectivity index (χ1v) is 8.14. The Balaban J connectivity index is 1.90. The van der Waals surface area contributed by atoms with Gasteiger partial charge in [0.1, 0.15) is 0 Å². The van der Waals surface area contributed by atoms with Crippen LogP contribution < -0.4 is 15.5 Å². The lowest BCUT2D eigenvalue weighted by Crippen LogP contribution is -2.40. The summed E-state index contributed by atoms with van der Waals surface area (Å²) < 4.78 is 0. The standard InChI is InChI=1S/C18H18ClN3S/c1-22(2)15-9-5-13(6-10-15)17-11-16(20-18(23)21-17)12-3-7-14(19)8-4-12/h3-11,17H,1-2H3,(H2,20,21,23)/t17-/m1/s1. The summed E-state index contributed by atoms with van der Waals surface area (Å²) in [5, 5.41) is 7.86. The molecule has 2 aromatic carbocycles. The second-order valence-electron chi connectivity index (χ2n) is 5.65. The van der Waals surface area contributed by atoms with Gasteiger partial charge in [-0.3, -0.25) is 0 Å². The molecule has 0 aromatic heterocycles. The Morgan fingerprint density at radius 1 is 1.00 bits per heavy atom. The fourth-order valence-corrected chi connectivity index (χ4v) is 2.87. The molecule has 1 aliphatic heterocycles. The molecule has 1 heterocycles. The molecule has 118 valence electrons. The van der Waals surface area contributed by atoms with Gasteiger partial charge in [-0.25, -0.2) is 0 Å². The van der Waals surface area contributed by atoms with E-state index in [-0.39, 0.29) is 6.04 Å². The zero-order valence-electron chi connectivity index (χ0n) is 13.0. The van der Waals surface area contributed by atoms with Crippen molar-refractivity contribution in [3.8, 4) is 0 Å². The molecule has 3 rings (SSSR count). The van der Waals surface area contributed by atoms with Gasteiger partial charge in [-0.15, -0.1) is 0 Å². The third-order valence-electron chi connectivity index (χ3n) is 3.79. The number of hydrogen-bond donors (Lipinski definition) is 2. The molecule has 23 heavy (non-hydrogen) atoms. The number of nitrogens with zero attached hydrogens (tertiary/aromatic N) is 1. The van der Waals surface area contributed by atoms with Crippen molar-refractivity contribution in [3.63, 3.8) is 0 Å². The number of rotatable bonds is 3. The van der Waals surface area contributed by atoms with Gasteiger partial charge in [0, 0.05) is 30.5 Å². The molecule has 0 bridgehead atoms. The fraction of sp³-hybridized carbons (Fsp3) is 0.167. The van der Waals surface area contributed by atoms with Crippen molar-refractivity contribution in [1.82, 2.24) is 10.6 Å². The molecule has 0 fully saturated rings. The lowest BCUT2D eigenvalue weighted by Gasteiger charge is -2.26. The molecule has 0 saturated carbocycles. The zero-order valence-corrected chi connectivity index (χ0v) is 14.6. The van der Waals surface area contributed by atoms with E-state index in [1.807, 2.05) is 38.4 Å². The number of thiocarbonyl (C=S) groups is 1. The summed E-state index contributed by atoms with van der Waals surface area (Å²) in [5.74, 6) is 0. The van der Waals surface area contributed by atoms with Crippen LogP contribution >= 0.6 is 23.8 Å². The maximum absolute atomic E-state index is 5.96. The molecular formula is C18H18ClN3S. The van der Waals surface area contributed by atoms with Crippen molar-refractivity contribution in [1.29, 1.82) is 0 Å². The van der Waals surface area contributed by atoms with Gasteiger partial charge in [0.2, 0.25) is 0 Å². The summed E-state index contributed by atoms with van der Waals surface area (Å²) in [5.41, 5.74) is 4.40. The minimum absolute atomic E-state index is 0.0469. The monoisotopic (exact) mass is 343 g/mol. The predicted molar refractivity (Wildman–Crippen MR) is 102 cm³/mol. The van der Waals surface area contributed by atoms with Crippen molar-refractivity contribution in [3.05, 3.63) is 70.8 Å². The summed E-state index contributed by atoms with van der Waals surface area (Å²) in [6.45, 7) is 0. The van der Waals surface area contributed by atoms with Gasteiger partial charge in [-0.05, 0) is 53.7 Å². The van der Waals surface area contributed by atoms with E-state index in [2.05, 4.69) is 45.9 Å². The van der Waals surface area contributed by atoms with Crippen molar-refractivity contribution in [2.75, 3.05) is 19.0 Å². The average Bonchev–Trinajstić information content (AvgIpc) is 2.55. The third-order valence-corrected chi connectivity index (χ3v) is 4.26. The van der Waals surface area contributed by atoms with Gasteiger partial charge in [0.25, 0.3) is 0 Å². The van der Waals surface area contributed by atoms with Crippen LogP contribution in [-0.2, 0) is 0 Å². The van der Waals surface area contributed by atoms with E-state index in [0.717, 1.165) is 16.3 Å². The maximum Gasteiger partial charge on any atom is 0.171 e. The topological polar surface area (TPSA) is 27.3 Å². The third kappa shape index (κ3) is 3.66. The van der Waals surface area contributed by atoms with Gasteiger partial charge < -0.3 is 15.5 Å². The van der Waals surface area contributed by atoms with Crippen LogP contribution in [0.5, 0.6) is 0 Å². The predicted octanol–water partition coefficient (Wildman–Crippen LogP) is 3.97.